The number of benzene rings is 7. The molecular weight excluding hydrogens is 687 g/mol. The summed E-state index contributed by atoms with van der Waals surface area (Å²) in [5.74, 6) is 1.39. The van der Waals surface area contributed by atoms with Crippen LogP contribution in [0, 0.1) is 0 Å². The number of para-hydroxylation sites is 3. The van der Waals surface area contributed by atoms with E-state index < -0.39 is 0 Å². The van der Waals surface area contributed by atoms with Gasteiger partial charge in [0, 0.05) is 49.6 Å². The molecule has 7 heteroatoms. The molecule has 0 saturated carbocycles. The van der Waals surface area contributed by atoms with Gasteiger partial charge in [-0.2, -0.15) is 0 Å². The van der Waals surface area contributed by atoms with E-state index in [0.717, 1.165) is 55.9 Å². The summed E-state index contributed by atoms with van der Waals surface area (Å²) < 4.78 is 4.70. The Kier molecular flexibility index (Phi) is 7.35. The molecule has 0 radical (unpaired) electrons. The molecule has 0 amide bonds. The van der Waals surface area contributed by atoms with E-state index in [9.17, 15) is 0 Å². The van der Waals surface area contributed by atoms with Gasteiger partial charge in [0.1, 0.15) is 6.33 Å². The Morgan fingerprint density at radius 2 is 0.786 bits per heavy atom. The van der Waals surface area contributed by atoms with Crippen LogP contribution in [-0.4, -0.2) is 34.1 Å². The van der Waals surface area contributed by atoms with Crippen molar-refractivity contribution in [3.05, 3.63) is 188 Å². The maximum atomic E-state index is 4.99. The van der Waals surface area contributed by atoms with Crippen molar-refractivity contribution < 1.29 is 0 Å². The van der Waals surface area contributed by atoms with Gasteiger partial charge in [-0.1, -0.05) is 133 Å². The molecule has 11 aromatic rings. The number of rotatable bonds is 6. The lowest BCUT2D eigenvalue weighted by atomic mass is 10.1. The zero-order chi connectivity index (χ0) is 37.0. The average Bonchev–Trinajstić information content (AvgIpc) is 3.80. The first-order valence-corrected chi connectivity index (χ1v) is 18.6. The third kappa shape index (κ3) is 5.25. The van der Waals surface area contributed by atoms with Crippen LogP contribution in [0.4, 0.5) is 0 Å². The molecule has 262 valence electrons. The maximum absolute atomic E-state index is 4.99. The fraction of sp³-hybridized carbons (Fsp3) is 0. The Hall–Kier alpha value is -7.77. The summed E-state index contributed by atoms with van der Waals surface area (Å²) in [6.07, 6.45) is 1.55. The Labute approximate surface area is 321 Å². The number of hydrogen-bond acceptors (Lipinski definition) is 5. The van der Waals surface area contributed by atoms with Crippen molar-refractivity contribution in [2.45, 2.75) is 0 Å². The molecule has 0 unspecified atom stereocenters. The van der Waals surface area contributed by atoms with E-state index >= 15 is 0 Å². The number of nitrogens with zero attached hydrogens (tertiary/aromatic N) is 7. The zero-order valence-electron chi connectivity index (χ0n) is 30.0. The quantitative estimate of drug-likeness (QED) is 0.171. The summed E-state index contributed by atoms with van der Waals surface area (Å²) in [7, 11) is 0. The van der Waals surface area contributed by atoms with Crippen molar-refractivity contribution in [3.8, 4) is 56.9 Å². The summed E-state index contributed by atoms with van der Waals surface area (Å²) in [6.45, 7) is 0. The topological polar surface area (TPSA) is 74.3 Å². The fourth-order valence-corrected chi connectivity index (χ4v) is 7.96. The minimum Gasteiger partial charge on any atom is -0.309 e. The lowest BCUT2D eigenvalue weighted by molar-refractivity contribution is 1.03. The van der Waals surface area contributed by atoms with Crippen LogP contribution < -0.4 is 0 Å². The van der Waals surface area contributed by atoms with Crippen LogP contribution >= 0.6 is 0 Å². The molecule has 0 spiro atoms. The second-order valence-electron chi connectivity index (χ2n) is 13.8. The van der Waals surface area contributed by atoms with Crippen LogP contribution in [0.5, 0.6) is 0 Å². The predicted octanol–water partition coefficient (Wildman–Crippen LogP) is 11.5. The monoisotopic (exact) mass is 717 g/mol. The van der Waals surface area contributed by atoms with Crippen LogP contribution in [0.2, 0.25) is 0 Å². The minimum atomic E-state index is 0.407. The Morgan fingerprint density at radius 1 is 0.304 bits per heavy atom. The van der Waals surface area contributed by atoms with Crippen molar-refractivity contribution in [1.29, 1.82) is 0 Å². The average molecular weight is 718 g/mol. The summed E-state index contributed by atoms with van der Waals surface area (Å²) in [6, 6.07) is 63.3. The molecule has 0 atom stereocenters. The standard InChI is InChI=1S/C49H31N7/c1-3-14-32(15-4-1)41-30-42(33-16-5-2-6-17-33)53-49(52-41)48-51-31-50-47(54-48)34-26-27-40-39-22-9-12-25-45(39)56(46(40)28-34)36-19-13-18-35(29-36)55-43-23-10-7-20-37(43)38-21-8-11-24-44(38)55/h1-31H. The SMILES string of the molecule is c1ccc(-c2cc(-c3ccccc3)nc(-c3ncnc(-c4ccc5c6ccccc6n(-c6cccc(-n7c8ccccc8c8ccccc87)c6)c5c4)n3)n2)cc1. The van der Waals surface area contributed by atoms with Crippen LogP contribution in [0.3, 0.4) is 0 Å². The van der Waals surface area contributed by atoms with Gasteiger partial charge in [-0.3, -0.25) is 0 Å². The molecule has 7 aromatic carbocycles. The van der Waals surface area contributed by atoms with Gasteiger partial charge < -0.3 is 9.13 Å². The van der Waals surface area contributed by atoms with Gasteiger partial charge in [0.15, 0.2) is 11.6 Å². The zero-order valence-corrected chi connectivity index (χ0v) is 30.0. The molecule has 11 rings (SSSR count). The van der Waals surface area contributed by atoms with Gasteiger partial charge in [0.25, 0.3) is 0 Å². The van der Waals surface area contributed by atoms with Crippen molar-refractivity contribution >= 4 is 43.6 Å². The van der Waals surface area contributed by atoms with Crippen molar-refractivity contribution in [2.75, 3.05) is 0 Å². The molecule has 0 N–H and O–H groups in total. The molecule has 0 saturated heterocycles. The third-order valence-electron chi connectivity index (χ3n) is 10.5. The van der Waals surface area contributed by atoms with Crippen molar-refractivity contribution in [1.82, 2.24) is 34.1 Å². The summed E-state index contributed by atoms with van der Waals surface area (Å²) >= 11 is 0. The van der Waals surface area contributed by atoms with E-state index in [1.165, 1.54) is 27.2 Å². The summed E-state index contributed by atoms with van der Waals surface area (Å²) in [4.78, 5) is 24.2. The van der Waals surface area contributed by atoms with Gasteiger partial charge in [-0.15, -0.1) is 0 Å². The van der Waals surface area contributed by atoms with Crippen LogP contribution in [0.15, 0.2) is 188 Å². The highest BCUT2D eigenvalue weighted by molar-refractivity contribution is 6.11. The molecule has 56 heavy (non-hydrogen) atoms. The first-order chi connectivity index (χ1) is 27.8. The number of fused-ring (bicyclic) bond motifs is 6. The van der Waals surface area contributed by atoms with Crippen LogP contribution in [0.1, 0.15) is 0 Å². The third-order valence-corrected chi connectivity index (χ3v) is 10.5. The highest BCUT2D eigenvalue weighted by Crippen LogP contribution is 2.37. The van der Waals surface area contributed by atoms with E-state index in [2.05, 4.69) is 134 Å². The van der Waals surface area contributed by atoms with Crippen LogP contribution in [-0.2, 0) is 0 Å². The van der Waals surface area contributed by atoms with Gasteiger partial charge in [-0.25, -0.2) is 24.9 Å². The van der Waals surface area contributed by atoms with Gasteiger partial charge in [-0.05, 0) is 48.5 Å². The second-order valence-corrected chi connectivity index (χ2v) is 13.8. The maximum Gasteiger partial charge on any atom is 0.201 e. The number of hydrogen-bond donors (Lipinski definition) is 0. The second kappa shape index (κ2) is 13.0. The predicted molar refractivity (Wildman–Crippen MR) is 226 cm³/mol. The highest BCUT2D eigenvalue weighted by Gasteiger charge is 2.18. The Bertz CT molecular complexity index is 3150. The Morgan fingerprint density at radius 3 is 1.36 bits per heavy atom. The Balaban J connectivity index is 1.06. The van der Waals surface area contributed by atoms with E-state index in [1.807, 2.05) is 66.7 Å². The molecule has 4 aromatic heterocycles. The summed E-state index contributed by atoms with van der Waals surface area (Å²) in [5, 5.41) is 4.79. The molecule has 0 aliphatic rings. The molecule has 0 bridgehead atoms. The van der Waals surface area contributed by atoms with Crippen molar-refractivity contribution in [2.24, 2.45) is 0 Å². The molecule has 0 aliphatic carbocycles. The smallest absolute Gasteiger partial charge is 0.201 e. The van der Waals surface area contributed by atoms with Gasteiger partial charge in [0.2, 0.25) is 5.82 Å². The van der Waals surface area contributed by atoms with E-state index in [4.69, 9.17) is 15.0 Å². The largest absolute Gasteiger partial charge is 0.309 e. The molecule has 7 nitrogen and oxygen atoms in total. The number of aromatic nitrogens is 7. The molecule has 4 heterocycles. The first-order valence-electron chi connectivity index (χ1n) is 18.6. The lowest BCUT2D eigenvalue weighted by Crippen LogP contribution is -2.01. The normalized spacial score (nSPS) is 11.6. The van der Waals surface area contributed by atoms with E-state index in [1.54, 1.807) is 6.33 Å². The highest BCUT2D eigenvalue weighted by atomic mass is 15.1. The minimum absolute atomic E-state index is 0.407. The molecule has 0 fully saturated rings. The van der Waals surface area contributed by atoms with Crippen LogP contribution in [0.25, 0.3) is 101 Å². The van der Waals surface area contributed by atoms with Crippen molar-refractivity contribution in [3.63, 3.8) is 0 Å². The van der Waals surface area contributed by atoms with Gasteiger partial charge in [0.05, 0.1) is 33.5 Å². The lowest BCUT2D eigenvalue weighted by Gasteiger charge is -2.13. The molecular formula is C49H31N7. The first kappa shape index (κ1) is 31.7. The van der Waals surface area contributed by atoms with Gasteiger partial charge >= 0.3 is 0 Å². The molecule has 0 aliphatic heterocycles. The van der Waals surface area contributed by atoms with E-state index in [0.29, 0.717) is 17.5 Å². The fourth-order valence-electron chi connectivity index (χ4n) is 7.96. The van der Waals surface area contributed by atoms with E-state index in [-0.39, 0.29) is 0 Å². The summed E-state index contributed by atoms with van der Waals surface area (Å²) in [5.41, 5.74) is 11.1.